The number of hydrogen-bond acceptors (Lipinski definition) is 0. The molecule has 0 aromatic heterocycles. The molecule has 0 saturated heterocycles. The van der Waals surface area contributed by atoms with Crippen LogP contribution < -0.4 is 0 Å². The summed E-state index contributed by atoms with van der Waals surface area (Å²) in [6, 6.07) is 0. The van der Waals surface area contributed by atoms with E-state index >= 15 is 0 Å². The standard InChI is InChI=1S/C9H14.C3H8/c1-7-3-2-4-8-5-6-9(7)8;1-3-2/h8-9H,1-6H2;3H2,1-2H3. The van der Waals surface area contributed by atoms with Crippen molar-refractivity contribution in [3.63, 3.8) is 0 Å². The zero-order chi connectivity index (χ0) is 8.97. The Morgan fingerprint density at radius 2 is 1.92 bits per heavy atom. The van der Waals surface area contributed by atoms with Gasteiger partial charge in [0.1, 0.15) is 0 Å². The lowest BCUT2D eigenvalue weighted by atomic mass is 9.64. The summed E-state index contributed by atoms with van der Waals surface area (Å²) < 4.78 is 0. The topological polar surface area (TPSA) is 0 Å². The van der Waals surface area contributed by atoms with E-state index in [1.807, 2.05) is 0 Å². The summed E-state index contributed by atoms with van der Waals surface area (Å²) in [5.41, 5.74) is 1.55. The van der Waals surface area contributed by atoms with Crippen molar-refractivity contribution < 1.29 is 0 Å². The van der Waals surface area contributed by atoms with Gasteiger partial charge in [-0.05, 0) is 43.9 Å². The Bertz CT molecular complexity index is 146. The van der Waals surface area contributed by atoms with Crippen molar-refractivity contribution >= 4 is 0 Å². The van der Waals surface area contributed by atoms with Crippen LogP contribution in [-0.2, 0) is 0 Å². The first-order valence-corrected chi connectivity index (χ1v) is 5.47. The Morgan fingerprint density at radius 3 is 2.25 bits per heavy atom. The second kappa shape index (κ2) is 4.69. The van der Waals surface area contributed by atoms with Crippen molar-refractivity contribution in [3.8, 4) is 0 Å². The van der Waals surface area contributed by atoms with Crippen molar-refractivity contribution in [1.82, 2.24) is 0 Å². The van der Waals surface area contributed by atoms with Gasteiger partial charge in [0.15, 0.2) is 0 Å². The minimum absolute atomic E-state index is 0.957. The van der Waals surface area contributed by atoms with E-state index in [-0.39, 0.29) is 0 Å². The van der Waals surface area contributed by atoms with Crippen LogP contribution in [0.3, 0.4) is 0 Å². The zero-order valence-corrected chi connectivity index (χ0v) is 8.60. The summed E-state index contributed by atoms with van der Waals surface area (Å²) in [5.74, 6) is 2.02. The van der Waals surface area contributed by atoms with Gasteiger partial charge >= 0.3 is 0 Å². The van der Waals surface area contributed by atoms with Crippen LogP contribution in [0.2, 0.25) is 0 Å². The molecule has 2 fully saturated rings. The summed E-state index contributed by atoms with van der Waals surface area (Å²) in [6.07, 6.45) is 8.41. The molecule has 0 aromatic carbocycles. The van der Waals surface area contributed by atoms with Crippen molar-refractivity contribution in [2.75, 3.05) is 0 Å². The normalized spacial score (nSPS) is 32.7. The molecule has 0 aliphatic heterocycles. The van der Waals surface area contributed by atoms with E-state index in [0.29, 0.717) is 0 Å². The van der Waals surface area contributed by atoms with Gasteiger partial charge in [-0.1, -0.05) is 32.4 Å². The van der Waals surface area contributed by atoms with Crippen molar-refractivity contribution in [2.24, 2.45) is 11.8 Å². The average Bonchev–Trinajstić information content (AvgIpc) is 1.95. The summed E-state index contributed by atoms with van der Waals surface area (Å²) in [7, 11) is 0. The fourth-order valence-corrected chi connectivity index (χ4v) is 2.23. The lowest BCUT2D eigenvalue weighted by molar-refractivity contribution is 0.168. The molecule has 2 rings (SSSR count). The molecule has 0 amide bonds. The molecular formula is C12H22. The van der Waals surface area contributed by atoms with Crippen LogP contribution in [0, 0.1) is 11.8 Å². The molecule has 0 nitrogen and oxygen atoms in total. The summed E-state index contributed by atoms with van der Waals surface area (Å²) in [6.45, 7) is 8.35. The zero-order valence-electron chi connectivity index (χ0n) is 8.60. The SMILES string of the molecule is C=C1CCCC2CCC12.CCC. The number of hydrogen-bond donors (Lipinski definition) is 0. The molecule has 0 radical (unpaired) electrons. The highest BCUT2D eigenvalue weighted by Crippen LogP contribution is 2.46. The molecule has 2 atom stereocenters. The monoisotopic (exact) mass is 166 g/mol. The highest BCUT2D eigenvalue weighted by atomic mass is 14.4. The maximum absolute atomic E-state index is 4.10. The van der Waals surface area contributed by atoms with Gasteiger partial charge in [-0.3, -0.25) is 0 Å². The van der Waals surface area contributed by atoms with Gasteiger partial charge < -0.3 is 0 Å². The van der Waals surface area contributed by atoms with Crippen molar-refractivity contribution in [1.29, 1.82) is 0 Å². The maximum atomic E-state index is 4.10. The Balaban J connectivity index is 0.000000213. The molecule has 0 spiro atoms. The molecule has 2 saturated carbocycles. The first-order valence-electron chi connectivity index (χ1n) is 5.47. The van der Waals surface area contributed by atoms with Crippen molar-refractivity contribution in [2.45, 2.75) is 52.4 Å². The Kier molecular flexibility index (Phi) is 3.84. The predicted molar refractivity (Wildman–Crippen MR) is 55.2 cm³/mol. The van der Waals surface area contributed by atoms with Crippen LogP contribution >= 0.6 is 0 Å². The largest absolute Gasteiger partial charge is 0.0996 e. The van der Waals surface area contributed by atoms with Gasteiger partial charge in [-0.25, -0.2) is 0 Å². The second-order valence-electron chi connectivity index (χ2n) is 4.20. The molecule has 70 valence electrons. The molecule has 2 aliphatic rings. The van der Waals surface area contributed by atoms with Gasteiger partial charge in [0.2, 0.25) is 0 Å². The number of rotatable bonds is 0. The van der Waals surface area contributed by atoms with E-state index in [9.17, 15) is 0 Å². The third-order valence-electron chi connectivity index (χ3n) is 3.01. The van der Waals surface area contributed by atoms with Gasteiger partial charge in [0.25, 0.3) is 0 Å². The number of fused-ring (bicyclic) bond motifs is 1. The smallest absolute Gasteiger partial charge is 0.0177 e. The highest BCUT2D eigenvalue weighted by molar-refractivity contribution is 5.10. The quantitative estimate of drug-likeness (QED) is 0.474. The summed E-state index contributed by atoms with van der Waals surface area (Å²) >= 11 is 0. The minimum Gasteiger partial charge on any atom is -0.0996 e. The molecule has 2 unspecified atom stereocenters. The van der Waals surface area contributed by atoms with Crippen LogP contribution in [0.4, 0.5) is 0 Å². The van der Waals surface area contributed by atoms with E-state index < -0.39 is 0 Å². The van der Waals surface area contributed by atoms with E-state index in [0.717, 1.165) is 11.8 Å². The fraction of sp³-hybridized carbons (Fsp3) is 0.833. The van der Waals surface area contributed by atoms with E-state index in [1.165, 1.54) is 38.5 Å². The fourth-order valence-electron chi connectivity index (χ4n) is 2.23. The lowest BCUT2D eigenvalue weighted by Crippen LogP contribution is -2.30. The van der Waals surface area contributed by atoms with Gasteiger partial charge in [-0.2, -0.15) is 0 Å². The maximum Gasteiger partial charge on any atom is -0.0177 e. The Labute approximate surface area is 77.1 Å². The van der Waals surface area contributed by atoms with Crippen molar-refractivity contribution in [3.05, 3.63) is 12.2 Å². The van der Waals surface area contributed by atoms with Crippen LogP contribution in [0.1, 0.15) is 52.4 Å². The first kappa shape index (κ1) is 9.83. The average molecular weight is 166 g/mol. The molecule has 0 N–H and O–H groups in total. The van der Waals surface area contributed by atoms with Crippen LogP contribution in [-0.4, -0.2) is 0 Å². The summed E-state index contributed by atoms with van der Waals surface area (Å²) in [5, 5.41) is 0. The molecule has 0 heterocycles. The van der Waals surface area contributed by atoms with Gasteiger partial charge in [0.05, 0.1) is 0 Å². The van der Waals surface area contributed by atoms with Crippen LogP contribution in [0.5, 0.6) is 0 Å². The Hall–Kier alpha value is -0.260. The molecule has 2 aliphatic carbocycles. The third-order valence-corrected chi connectivity index (χ3v) is 3.01. The molecule has 0 heteroatoms. The first-order chi connectivity index (χ1) is 5.79. The number of allylic oxidation sites excluding steroid dienone is 1. The van der Waals surface area contributed by atoms with E-state index in [1.54, 1.807) is 5.57 Å². The third kappa shape index (κ3) is 2.12. The minimum atomic E-state index is 0.957. The molecular weight excluding hydrogens is 144 g/mol. The molecule has 12 heavy (non-hydrogen) atoms. The summed E-state index contributed by atoms with van der Waals surface area (Å²) in [4.78, 5) is 0. The lowest BCUT2D eigenvalue weighted by Gasteiger charge is -2.42. The predicted octanol–water partition coefficient (Wildman–Crippen LogP) is 4.17. The van der Waals surface area contributed by atoms with E-state index in [4.69, 9.17) is 0 Å². The van der Waals surface area contributed by atoms with Crippen LogP contribution in [0.15, 0.2) is 12.2 Å². The van der Waals surface area contributed by atoms with Gasteiger partial charge in [0, 0.05) is 0 Å². The highest BCUT2D eigenvalue weighted by Gasteiger charge is 2.34. The van der Waals surface area contributed by atoms with E-state index in [2.05, 4.69) is 20.4 Å². The molecule has 0 bridgehead atoms. The van der Waals surface area contributed by atoms with Crippen LogP contribution in [0.25, 0.3) is 0 Å². The Morgan fingerprint density at radius 1 is 1.25 bits per heavy atom. The second-order valence-corrected chi connectivity index (χ2v) is 4.20. The molecule has 0 aromatic rings. The van der Waals surface area contributed by atoms with Gasteiger partial charge in [-0.15, -0.1) is 0 Å².